The molecular weight excluding hydrogens is 326 g/mol. The molecule has 138 valence electrons. The molecule has 2 heterocycles. The number of ether oxygens (including phenoxy) is 1. The molecule has 3 rings (SSSR count). The van der Waals surface area contributed by atoms with Crippen LogP contribution in [0.1, 0.15) is 44.9 Å². The Hall–Kier alpha value is -2.03. The molecule has 0 bridgehead atoms. The Morgan fingerprint density at radius 1 is 1.32 bits per heavy atom. The van der Waals surface area contributed by atoms with E-state index in [-0.39, 0.29) is 12.7 Å². The molecule has 0 radical (unpaired) electrons. The average molecular weight is 351 g/mol. The molecule has 25 heavy (non-hydrogen) atoms. The van der Waals surface area contributed by atoms with Gasteiger partial charge in [0.1, 0.15) is 6.04 Å². The molecule has 1 aromatic rings. The van der Waals surface area contributed by atoms with Crippen molar-refractivity contribution >= 4 is 11.9 Å². The Morgan fingerprint density at radius 2 is 2.16 bits per heavy atom. The van der Waals surface area contributed by atoms with Crippen molar-refractivity contribution < 1.29 is 19.4 Å². The zero-order valence-electron chi connectivity index (χ0n) is 14.4. The second kappa shape index (κ2) is 7.90. The van der Waals surface area contributed by atoms with Gasteiger partial charge >= 0.3 is 11.9 Å². The summed E-state index contributed by atoms with van der Waals surface area (Å²) in [5, 5.41) is 24.4. The molecule has 9 heteroatoms. The standard InChI is InChI=1S/C16H25N5O4/c1-10(22)25-9-21-19-15(18-20-21)5-3-11-2-4-12-8-17-14(16(23)24)7-13(12)6-11/h11-14,17H,2-9H2,1H3,(H,23,24)/t11-,12+,13-,14+/m1/s1. The Labute approximate surface area is 146 Å². The van der Waals surface area contributed by atoms with E-state index < -0.39 is 12.0 Å². The topological polar surface area (TPSA) is 119 Å². The quantitative estimate of drug-likeness (QED) is 0.715. The van der Waals surface area contributed by atoms with Crippen LogP contribution < -0.4 is 5.32 Å². The van der Waals surface area contributed by atoms with Crippen LogP contribution in [-0.2, 0) is 27.5 Å². The monoisotopic (exact) mass is 351 g/mol. The van der Waals surface area contributed by atoms with E-state index in [0.29, 0.717) is 23.6 Å². The SMILES string of the molecule is CC(=O)OCn1nnc(CC[C@H]2CC[C@H]3CN[C@H](C(=O)O)C[C@H]3C2)n1. The molecule has 0 aromatic carbocycles. The lowest BCUT2D eigenvalue weighted by molar-refractivity contribution is -0.145. The first-order chi connectivity index (χ1) is 12.0. The maximum atomic E-state index is 11.2. The summed E-state index contributed by atoms with van der Waals surface area (Å²) in [6.07, 6.45) is 5.85. The van der Waals surface area contributed by atoms with E-state index in [4.69, 9.17) is 4.74 Å². The summed E-state index contributed by atoms with van der Waals surface area (Å²) in [4.78, 5) is 23.3. The highest BCUT2D eigenvalue weighted by Crippen LogP contribution is 2.40. The fourth-order valence-electron chi connectivity index (χ4n) is 4.02. The van der Waals surface area contributed by atoms with Crippen molar-refractivity contribution in [3.8, 4) is 0 Å². The number of carbonyl (C=O) groups is 2. The number of aromatic nitrogens is 4. The molecule has 2 aliphatic rings. The molecule has 1 aliphatic heterocycles. The lowest BCUT2D eigenvalue weighted by atomic mass is 9.69. The fourth-order valence-corrected chi connectivity index (χ4v) is 4.02. The zero-order valence-corrected chi connectivity index (χ0v) is 14.4. The van der Waals surface area contributed by atoms with Crippen LogP contribution in [-0.4, -0.2) is 49.8 Å². The van der Waals surface area contributed by atoms with Crippen molar-refractivity contribution in [3.63, 3.8) is 0 Å². The first-order valence-corrected chi connectivity index (χ1v) is 8.87. The van der Waals surface area contributed by atoms with Gasteiger partial charge in [-0.15, -0.1) is 15.0 Å². The van der Waals surface area contributed by atoms with E-state index >= 15 is 0 Å². The molecule has 2 N–H and O–H groups in total. The molecule has 1 saturated carbocycles. The van der Waals surface area contributed by atoms with Crippen molar-refractivity contribution in [2.45, 2.75) is 58.2 Å². The summed E-state index contributed by atoms with van der Waals surface area (Å²) in [6, 6.07) is -0.400. The molecule has 0 amide bonds. The van der Waals surface area contributed by atoms with Gasteiger partial charge in [0.2, 0.25) is 6.73 Å². The van der Waals surface area contributed by atoms with E-state index in [1.165, 1.54) is 18.1 Å². The lowest BCUT2D eigenvalue weighted by Crippen LogP contribution is -2.49. The van der Waals surface area contributed by atoms with Crippen LogP contribution in [0.3, 0.4) is 0 Å². The number of aliphatic carboxylic acids is 1. The molecule has 0 unspecified atom stereocenters. The number of fused-ring (bicyclic) bond motifs is 1. The molecule has 2 fully saturated rings. The van der Waals surface area contributed by atoms with Crippen molar-refractivity contribution in [3.05, 3.63) is 5.82 Å². The maximum absolute atomic E-state index is 11.2. The normalized spacial score (nSPS) is 29.0. The first kappa shape index (κ1) is 17.8. The van der Waals surface area contributed by atoms with Crippen LogP contribution >= 0.6 is 0 Å². The highest BCUT2D eigenvalue weighted by atomic mass is 16.5. The van der Waals surface area contributed by atoms with Gasteiger partial charge < -0.3 is 15.2 Å². The number of nitrogens with one attached hydrogen (secondary N) is 1. The van der Waals surface area contributed by atoms with E-state index in [9.17, 15) is 14.7 Å². The van der Waals surface area contributed by atoms with E-state index in [0.717, 1.165) is 38.6 Å². The Kier molecular flexibility index (Phi) is 5.62. The van der Waals surface area contributed by atoms with Crippen LogP contribution in [0.25, 0.3) is 0 Å². The average Bonchev–Trinajstić information content (AvgIpc) is 3.05. The smallest absolute Gasteiger partial charge is 0.320 e. The molecule has 4 atom stereocenters. The van der Waals surface area contributed by atoms with Gasteiger partial charge in [0.25, 0.3) is 0 Å². The zero-order chi connectivity index (χ0) is 17.8. The lowest BCUT2D eigenvalue weighted by Gasteiger charge is -2.41. The number of carbonyl (C=O) groups excluding carboxylic acids is 1. The molecule has 1 aliphatic carbocycles. The number of hydrogen-bond donors (Lipinski definition) is 2. The van der Waals surface area contributed by atoms with Gasteiger partial charge in [0.15, 0.2) is 5.82 Å². The summed E-state index contributed by atoms with van der Waals surface area (Å²) >= 11 is 0. The van der Waals surface area contributed by atoms with Gasteiger partial charge in [0.05, 0.1) is 0 Å². The van der Waals surface area contributed by atoms with Crippen molar-refractivity contribution in [2.24, 2.45) is 17.8 Å². The number of tetrazole rings is 1. The Morgan fingerprint density at radius 3 is 2.92 bits per heavy atom. The van der Waals surface area contributed by atoms with Gasteiger partial charge in [-0.3, -0.25) is 9.59 Å². The molecular formula is C16H25N5O4. The van der Waals surface area contributed by atoms with Gasteiger partial charge in [-0.1, -0.05) is 6.42 Å². The summed E-state index contributed by atoms with van der Waals surface area (Å²) in [5.41, 5.74) is 0. The second-order valence-electron chi connectivity index (χ2n) is 7.12. The van der Waals surface area contributed by atoms with E-state index in [1.807, 2.05) is 0 Å². The number of carboxylic acids is 1. The number of hydrogen-bond acceptors (Lipinski definition) is 7. The molecule has 9 nitrogen and oxygen atoms in total. The highest BCUT2D eigenvalue weighted by molar-refractivity contribution is 5.73. The number of aryl methyl sites for hydroxylation is 1. The minimum absolute atomic E-state index is 0.0148. The Bertz CT molecular complexity index is 619. The summed E-state index contributed by atoms with van der Waals surface area (Å²) in [6.45, 7) is 2.14. The van der Waals surface area contributed by atoms with Crippen molar-refractivity contribution in [1.29, 1.82) is 0 Å². The van der Waals surface area contributed by atoms with E-state index in [1.54, 1.807) is 0 Å². The van der Waals surface area contributed by atoms with Crippen LogP contribution in [0.5, 0.6) is 0 Å². The minimum Gasteiger partial charge on any atom is -0.480 e. The summed E-state index contributed by atoms with van der Waals surface area (Å²) in [7, 11) is 0. The third kappa shape index (κ3) is 4.75. The largest absolute Gasteiger partial charge is 0.480 e. The van der Waals surface area contributed by atoms with Gasteiger partial charge in [-0.05, 0) is 55.2 Å². The van der Waals surface area contributed by atoms with Crippen LogP contribution in [0.2, 0.25) is 0 Å². The Balaban J connectivity index is 1.46. The molecule has 1 aromatic heterocycles. The number of esters is 1. The number of carboxylic acid groups (broad SMARTS) is 1. The third-order valence-corrected chi connectivity index (χ3v) is 5.37. The second-order valence-corrected chi connectivity index (χ2v) is 7.12. The van der Waals surface area contributed by atoms with E-state index in [2.05, 4.69) is 20.7 Å². The molecule has 0 spiro atoms. The number of nitrogens with zero attached hydrogens (tertiary/aromatic N) is 4. The van der Waals surface area contributed by atoms with Crippen LogP contribution in [0.4, 0.5) is 0 Å². The summed E-state index contributed by atoms with van der Waals surface area (Å²) < 4.78 is 4.83. The van der Waals surface area contributed by atoms with Gasteiger partial charge in [-0.25, -0.2) is 0 Å². The maximum Gasteiger partial charge on any atom is 0.320 e. The predicted molar refractivity (Wildman–Crippen MR) is 86.3 cm³/mol. The number of piperidine rings is 1. The minimum atomic E-state index is -0.742. The summed E-state index contributed by atoms with van der Waals surface area (Å²) in [5.74, 6) is 1.21. The van der Waals surface area contributed by atoms with Crippen molar-refractivity contribution in [1.82, 2.24) is 25.5 Å². The molecule has 1 saturated heterocycles. The highest BCUT2D eigenvalue weighted by Gasteiger charge is 2.37. The van der Waals surface area contributed by atoms with Gasteiger partial charge in [-0.2, -0.15) is 0 Å². The van der Waals surface area contributed by atoms with Crippen LogP contribution in [0, 0.1) is 17.8 Å². The van der Waals surface area contributed by atoms with Crippen molar-refractivity contribution in [2.75, 3.05) is 6.54 Å². The first-order valence-electron chi connectivity index (χ1n) is 8.87. The van der Waals surface area contributed by atoms with Gasteiger partial charge in [0, 0.05) is 13.3 Å². The van der Waals surface area contributed by atoms with Crippen LogP contribution in [0.15, 0.2) is 0 Å². The third-order valence-electron chi connectivity index (χ3n) is 5.37. The number of rotatable bonds is 6. The fraction of sp³-hybridized carbons (Fsp3) is 0.812. The predicted octanol–water partition coefficient (Wildman–Crippen LogP) is 0.605.